The van der Waals surface area contributed by atoms with Gasteiger partial charge in [-0.25, -0.2) is 4.68 Å². The van der Waals surface area contributed by atoms with Crippen molar-refractivity contribution < 1.29 is 4.79 Å². The first-order valence-corrected chi connectivity index (χ1v) is 8.02. The SMILES string of the molecule is Cc1cc(Cl)ccc1NC(=O)C(C)n1nc2c(cc1=O)CCC2. The van der Waals surface area contributed by atoms with Gasteiger partial charge in [0.05, 0.1) is 5.69 Å². The Bertz CT molecular complexity index is 829. The van der Waals surface area contributed by atoms with Gasteiger partial charge in [-0.2, -0.15) is 5.10 Å². The van der Waals surface area contributed by atoms with Gasteiger partial charge < -0.3 is 5.32 Å². The summed E-state index contributed by atoms with van der Waals surface area (Å²) in [6.07, 6.45) is 2.76. The van der Waals surface area contributed by atoms with Gasteiger partial charge >= 0.3 is 0 Å². The molecule has 0 spiro atoms. The molecule has 0 bridgehead atoms. The molecule has 1 N–H and O–H groups in total. The number of hydrogen-bond acceptors (Lipinski definition) is 3. The van der Waals surface area contributed by atoms with Crippen LogP contribution in [0, 0.1) is 6.92 Å². The first-order valence-electron chi connectivity index (χ1n) is 7.64. The number of carbonyl (C=O) groups excluding carboxylic acids is 1. The average Bonchev–Trinajstić information content (AvgIpc) is 2.95. The lowest BCUT2D eigenvalue weighted by molar-refractivity contribution is -0.119. The van der Waals surface area contributed by atoms with Crippen LogP contribution in [0.5, 0.6) is 0 Å². The topological polar surface area (TPSA) is 64.0 Å². The summed E-state index contributed by atoms with van der Waals surface area (Å²) >= 11 is 5.92. The molecule has 0 aliphatic heterocycles. The highest BCUT2D eigenvalue weighted by Crippen LogP contribution is 2.21. The third kappa shape index (κ3) is 3.15. The van der Waals surface area contributed by atoms with Crippen molar-refractivity contribution in [3.05, 3.63) is 56.5 Å². The van der Waals surface area contributed by atoms with E-state index in [2.05, 4.69) is 10.4 Å². The number of hydrogen-bond donors (Lipinski definition) is 1. The van der Waals surface area contributed by atoms with Gasteiger partial charge in [-0.15, -0.1) is 0 Å². The summed E-state index contributed by atoms with van der Waals surface area (Å²) in [6, 6.07) is 6.17. The highest BCUT2D eigenvalue weighted by Gasteiger charge is 2.21. The van der Waals surface area contributed by atoms with Crippen molar-refractivity contribution in [3.63, 3.8) is 0 Å². The summed E-state index contributed by atoms with van der Waals surface area (Å²) in [5, 5.41) is 7.82. The number of nitrogens with zero attached hydrogens (tertiary/aromatic N) is 2. The maximum Gasteiger partial charge on any atom is 0.267 e. The van der Waals surface area contributed by atoms with Gasteiger partial charge in [-0.1, -0.05) is 11.6 Å². The zero-order chi connectivity index (χ0) is 16.6. The largest absolute Gasteiger partial charge is 0.324 e. The lowest BCUT2D eigenvalue weighted by Gasteiger charge is -2.16. The highest BCUT2D eigenvalue weighted by atomic mass is 35.5. The minimum atomic E-state index is -0.677. The Hall–Kier alpha value is -2.14. The fourth-order valence-electron chi connectivity index (χ4n) is 2.81. The lowest BCUT2D eigenvalue weighted by atomic mass is 10.2. The van der Waals surface area contributed by atoms with Crippen LogP contribution in [0.25, 0.3) is 0 Å². The van der Waals surface area contributed by atoms with Gasteiger partial charge in [0.1, 0.15) is 6.04 Å². The molecule has 0 fully saturated rings. The molecular formula is C17H18ClN3O2. The predicted molar refractivity (Wildman–Crippen MR) is 90.1 cm³/mol. The Morgan fingerprint density at radius 1 is 1.35 bits per heavy atom. The van der Waals surface area contributed by atoms with E-state index in [4.69, 9.17) is 11.6 Å². The molecule has 1 atom stereocenters. The molecule has 1 aliphatic carbocycles. The van der Waals surface area contributed by atoms with E-state index in [0.29, 0.717) is 10.7 Å². The van der Waals surface area contributed by atoms with Crippen molar-refractivity contribution in [1.82, 2.24) is 9.78 Å². The first kappa shape index (κ1) is 15.7. The number of carbonyl (C=O) groups is 1. The van der Waals surface area contributed by atoms with Crippen LogP contribution in [0.3, 0.4) is 0 Å². The normalized spacial score (nSPS) is 14.4. The number of aromatic nitrogens is 2. The second kappa shape index (κ2) is 6.16. The molecule has 1 amide bonds. The molecule has 0 saturated carbocycles. The summed E-state index contributed by atoms with van der Waals surface area (Å²) in [7, 11) is 0. The standard InChI is InChI=1S/C17H18ClN3O2/c1-10-8-13(18)6-7-14(10)19-17(23)11(2)21-16(22)9-12-4-3-5-15(12)20-21/h6-9,11H,3-5H2,1-2H3,(H,19,23). The van der Waals surface area contributed by atoms with Crippen molar-refractivity contribution >= 4 is 23.2 Å². The van der Waals surface area contributed by atoms with E-state index in [0.717, 1.165) is 36.1 Å². The Balaban J connectivity index is 1.84. The van der Waals surface area contributed by atoms with E-state index in [-0.39, 0.29) is 11.5 Å². The number of rotatable bonds is 3. The first-order chi connectivity index (χ1) is 11.0. The Labute approximate surface area is 139 Å². The Morgan fingerprint density at radius 3 is 2.87 bits per heavy atom. The molecule has 1 heterocycles. The minimum Gasteiger partial charge on any atom is -0.324 e. The molecule has 23 heavy (non-hydrogen) atoms. The number of benzene rings is 1. The van der Waals surface area contributed by atoms with Crippen molar-refractivity contribution in [2.45, 2.75) is 39.2 Å². The minimum absolute atomic E-state index is 0.235. The van der Waals surface area contributed by atoms with Gasteiger partial charge in [0, 0.05) is 16.8 Å². The molecule has 0 radical (unpaired) electrons. The number of aryl methyl sites for hydroxylation is 3. The number of amides is 1. The van der Waals surface area contributed by atoms with Gasteiger partial charge in [0.2, 0.25) is 5.91 Å². The van der Waals surface area contributed by atoms with Crippen molar-refractivity contribution in [3.8, 4) is 0 Å². The molecule has 1 unspecified atom stereocenters. The maximum atomic E-state index is 12.5. The number of anilines is 1. The van der Waals surface area contributed by atoms with Crippen LogP contribution in [-0.2, 0) is 17.6 Å². The molecule has 2 aromatic rings. The lowest BCUT2D eigenvalue weighted by Crippen LogP contribution is -2.34. The fourth-order valence-corrected chi connectivity index (χ4v) is 3.04. The van der Waals surface area contributed by atoms with Crippen LogP contribution in [-0.4, -0.2) is 15.7 Å². The smallest absolute Gasteiger partial charge is 0.267 e. The van der Waals surface area contributed by atoms with Gasteiger partial charge in [-0.3, -0.25) is 9.59 Å². The summed E-state index contributed by atoms with van der Waals surface area (Å²) < 4.78 is 1.27. The molecule has 1 aromatic heterocycles. The van der Waals surface area contributed by atoms with Crippen molar-refractivity contribution in [2.75, 3.05) is 5.32 Å². The van der Waals surface area contributed by atoms with E-state index in [1.165, 1.54) is 4.68 Å². The Kier molecular flexibility index (Phi) is 4.22. The van der Waals surface area contributed by atoms with Crippen LogP contribution in [0.4, 0.5) is 5.69 Å². The van der Waals surface area contributed by atoms with Crippen LogP contribution < -0.4 is 10.9 Å². The van der Waals surface area contributed by atoms with E-state index in [1.807, 2.05) is 6.92 Å². The number of nitrogens with one attached hydrogen (secondary N) is 1. The van der Waals surface area contributed by atoms with Gasteiger partial charge in [0.15, 0.2) is 0 Å². The van der Waals surface area contributed by atoms with Gasteiger partial charge in [0.25, 0.3) is 5.56 Å². The zero-order valence-corrected chi connectivity index (χ0v) is 13.9. The van der Waals surface area contributed by atoms with E-state index < -0.39 is 6.04 Å². The average molecular weight is 332 g/mol. The molecule has 0 saturated heterocycles. The van der Waals surface area contributed by atoms with E-state index in [1.54, 1.807) is 31.2 Å². The van der Waals surface area contributed by atoms with Crippen LogP contribution in [0.1, 0.15) is 36.2 Å². The molecule has 5 nitrogen and oxygen atoms in total. The predicted octanol–water partition coefficient (Wildman–Crippen LogP) is 2.89. The number of fused-ring (bicyclic) bond motifs is 1. The van der Waals surface area contributed by atoms with Crippen molar-refractivity contribution in [1.29, 1.82) is 0 Å². The second-order valence-electron chi connectivity index (χ2n) is 5.88. The fraction of sp³-hybridized carbons (Fsp3) is 0.353. The van der Waals surface area contributed by atoms with E-state index in [9.17, 15) is 9.59 Å². The summed E-state index contributed by atoms with van der Waals surface area (Å²) in [4.78, 5) is 24.7. The molecule has 6 heteroatoms. The second-order valence-corrected chi connectivity index (χ2v) is 6.31. The summed E-state index contributed by atoms with van der Waals surface area (Å²) in [6.45, 7) is 3.54. The maximum absolute atomic E-state index is 12.5. The quantitative estimate of drug-likeness (QED) is 0.940. The monoisotopic (exact) mass is 331 g/mol. The third-order valence-electron chi connectivity index (χ3n) is 4.17. The highest BCUT2D eigenvalue weighted by molar-refractivity contribution is 6.30. The van der Waals surface area contributed by atoms with Crippen molar-refractivity contribution in [2.24, 2.45) is 0 Å². The third-order valence-corrected chi connectivity index (χ3v) is 4.41. The molecule has 1 aliphatic rings. The van der Waals surface area contributed by atoms with Gasteiger partial charge in [-0.05, 0) is 62.4 Å². The Morgan fingerprint density at radius 2 is 2.13 bits per heavy atom. The zero-order valence-electron chi connectivity index (χ0n) is 13.1. The van der Waals surface area contributed by atoms with E-state index >= 15 is 0 Å². The number of halogens is 1. The summed E-state index contributed by atoms with van der Waals surface area (Å²) in [5.74, 6) is -0.275. The molecule has 3 rings (SSSR count). The van der Waals surface area contributed by atoms with Crippen LogP contribution >= 0.6 is 11.6 Å². The molecular weight excluding hydrogens is 314 g/mol. The van der Waals surface area contributed by atoms with Crippen LogP contribution in [0.2, 0.25) is 5.02 Å². The molecule has 120 valence electrons. The molecule has 1 aromatic carbocycles. The van der Waals surface area contributed by atoms with Crippen LogP contribution in [0.15, 0.2) is 29.1 Å². The summed E-state index contributed by atoms with van der Waals surface area (Å²) in [5.41, 5.74) is 3.24.